The molecule has 0 saturated heterocycles. The van der Waals surface area contributed by atoms with Crippen LogP contribution in [0.1, 0.15) is 70.3 Å². The van der Waals surface area contributed by atoms with Gasteiger partial charge in [-0.1, -0.05) is 100 Å². The van der Waals surface area contributed by atoms with E-state index in [0.29, 0.717) is 0 Å². The molecule has 4 heteroatoms. The molecule has 0 fully saturated rings. The normalized spacial score (nSPS) is 18.5. The second kappa shape index (κ2) is 11.5. The molecule has 0 spiro atoms. The summed E-state index contributed by atoms with van der Waals surface area (Å²) in [6, 6.07) is 9.72. The summed E-state index contributed by atoms with van der Waals surface area (Å²) in [5.74, 6) is -1.82. The first-order chi connectivity index (χ1) is 13.6. The first kappa shape index (κ1) is 21.9. The van der Waals surface area contributed by atoms with Crippen molar-refractivity contribution < 1.29 is 19.4 Å². The van der Waals surface area contributed by atoms with Crippen molar-refractivity contribution in [3.63, 3.8) is 0 Å². The Labute approximate surface area is 168 Å². The summed E-state index contributed by atoms with van der Waals surface area (Å²) in [5, 5.41) is 9.68. The first-order valence-electron chi connectivity index (χ1n) is 10.5. The summed E-state index contributed by atoms with van der Waals surface area (Å²) >= 11 is 0. The lowest BCUT2D eigenvalue weighted by molar-refractivity contribution is -0.164. The van der Waals surface area contributed by atoms with E-state index >= 15 is 0 Å². The molecule has 1 aliphatic rings. The van der Waals surface area contributed by atoms with Crippen LogP contribution in [0.25, 0.3) is 5.57 Å². The topological polar surface area (TPSA) is 63.6 Å². The smallest absolute Gasteiger partial charge is 0.327 e. The Morgan fingerprint density at radius 2 is 1.64 bits per heavy atom. The van der Waals surface area contributed by atoms with E-state index in [4.69, 9.17) is 4.74 Å². The van der Waals surface area contributed by atoms with Gasteiger partial charge in [0.05, 0.1) is 6.61 Å². The van der Waals surface area contributed by atoms with E-state index in [0.717, 1.165) is 30.4 Å². The first-order valence-corrected chi connectivity index (χ1v) is 10.5. The third kappa shape index (κ3) is 6.08. The highest BCUT2D eigenvalue weighted by Gasteiger charge is 2.46. The molecule has 152 valence electrons. The fourth-order valence-electron chi connectivity index (χ4n) is 3.41. The minimum Gasteiger partial charge on any atom is -0.480 e. The number of allylic oxidation sites excluding steroid dienone is 3. The van der Waals surface area contributed by atoms with Crippen LogP contribution >= 0.6 is 0 Å². The Balaban J connectivity index is 1.79. The van der Waals surface area contributed by atoms with E-state index in [2.05, 4.69) is 6.92 Å². The molecule has 0 heterocycles. The zero-order valence-corrected chi connectivity index (χ0v) is 16.9. The number of carbonyl (C=O) groups is 2. The quantitative estimate of drug-likeness (QED) is 0.282. The van der Waals surface area contributed by atoms with Crippen LogP contribution in [0.4, 0.5) is 0 Å². The lowest BCUT2D eigenvalue weighted by atomic mass is 9.79. The molecule has 1 unspecified atom stereocenters. The second-order valence-electron chi connectivity index (χ2n) is 7.45. The largest absolute Gasteiger partial charge is 0.480 e. The molecular formula is C24H32O4. The number of hydrogen-bond donors (Lipinski definition) is 1. The van der Waals surface area contributed by atoms with Crippen molar-refractivity contribution in [2.24, 2.45) is 5.41 Å². The fourth-order valence-corrected chi connectivity index (χ4v) is 3.41. The molecule has 4 nitrogen and oxygen atoms in total. The summed E-state index contributed by atoms with van der Waals surface area (Å²) in [7, 11) is 0. The molecule has 1 N–H and O–H groups in total. The number of carboxylic acid groups (broad SMARTS) is 1. The van der Waals surface area contributed by atoms with Crippen molar-refractivity contribution in [3.05, 3.63) is 54.1 Å². The average molecular weight is 385 g/mol. The van der Waals surface area contributed by atoms with Gasteiger partial charge in [0.1, 0.15) is 0 Å². The molecule has 0 aromatic heterocycles. The van der Waals surface area contributed by atoms with Crippen molar-refractivity contribution in [1.29, 1.82) is 0 Å². The van der Waals surface area contributed by atoms with Crippen LogP contribution < -0.4 is 0 Å². The van der Waals surface area contributed by atoms with Crippen molar-refractivity contribution >= 4 is 17.5 Å². The fraction of sp³-hybridized carbons (Fsp3) is 0.500. The standard InChI is InChI=1S/C24H32O4/c1-2-3-4-5-6-7-8-12-19-28-23(27)24(22(25)26)17-15-21(16-18-24)20-13-10-9-11-14-20/h9-11,13-17H,2-8,12,18-19H2,1H3,(H,25,26). The van der Waals surface area contributed by atoms with E-state index in [1.807, 2.05) is 30.3 Å². The number of benzene rings is 1. The van der Waals surface area contributed by atoms with Crippen LogP contribution in [-0.4, -0.2) is 23.7 Å². The number of carbonyl (C=O) groups excluding carboxylic acids is 1. The highest BCUT2D eigenvalue weighted by Crippen LogP contribution is 2.35. The summed E-state index contributed by atoms with van der Waals surface area (Å²) < 4.78 is 5.33. The van der Waals surface area contributed by atoms with Gasteiger partial charge in [0.2, 0.25) is 0 Å². The van der Waals surface area contributed by atoms with Gasteiger partial charge in [-0.2, -0.15) is 0 Å². The Kier molecular flexibility index (Phi) is 8.99. The van der Waals surface area contributed by atoms with Crippen molar-refractivity contribution in [2.45, 2.75) is 64.7 Å². The van der Waals surface area contributed by atoms with Gasteiger partial charge >= 0.3 is 11.9 Å². The molecule has 0 saturated carbocycles. The predicted octanol–water partition coefficient (Wildman–Crippen LogP) is 5.78. The molecule has 1 aliphatic carbocycles. The van der Waals surface area contributed by atoms with E-state index in [-0.39, 0.29) is 13.0 Å². The maximum absolute atomic E-state index is 12.5. The summed E-state index contributed by atoms with van der Waals surface area (Å²) in [5.41, 5.74) is 0.316. The number of aliphatic carboxylic acids is 1. The number of ether oxygens (including phenoxy) is 1. The minimum absolute atomic E-state index is 0.110. The van der Waals surface area contributed by atoms with Gasteiger partial charge < -0.3 is 9.84 Å². The van der Waals surface area contributed by atoms with Gasteiger partial charge in [-0.3, -0.25) is 9.59 Å². The lowest BCUT2D eigenvalue weighted by Crippen LogP contribution is -2.39. The number of rotatable bonds is 12. The summed E-state index contributed by atoms with van der Waals surface area (Å²) in [6.07, 6.45) is 14.3. The van der Waals surface area contributed by atoms with Gasteiger partial charge in [0.25, 0.3) is 0 Å². The van der Waals surface area contributed by atoms with Crippen LogP contribution in [0.2, 0.25) is 0 Å². The Morgan fingerprint density at radius 3 is 2.21 bits per heavy atom. The van der Waals surface area contributed by atoms with Crippen LogP contribution in [-0.2, 0) is 14.3 Å². The highest BCUT2D eigenvalue weighted by molar-refractivity contribution is 6.03. The van der Waals surface area contributed by atoms with Crippen molar-refractivity contribution in [1.82, 2.24) is 0 Å². The van der Waals surface area contributed by atoms with Gasteiger partial charge in [-0.25, -0.2) is 0 Å². The molecular weight excluding hydrogens is 352 g/mol. The van der Waals surface area contributed by atoms with Crippen LogP contribution in [0.5, 0.6) is 0 Å². The summed E-state index contributed by atoms with van der Waals surface area (Å²) in [4.78, 5) is 24.4. The molecule has 1 atom stereocenters. The SMILES string of the molecule is CCCCCCCCCCOC(=O)C1(C(=O)O)C=CC(c2ccccc2)=CC1. The zero-order valence-electron chi connectivity index (χ0n) is 16.9. The van der Waals surface area contributed by atoms with Crippen molar-refractivity contribution in [3.8, 4) is 0 Å². The van der Waals surface area contributed by atoms with E-state index in [1.54, 1.807) is 12.2 Å². The van der Waals surface area contributed by atoms with Crippen LogP contribution in [0.3, 0.4) is 0 Å². The molecule has 1 aromatic rings. The molecule has 1 aromatic carbocycles. The van der Waals surface area contributed by atoms with Gasteiger partial charge in [-0.05, 0) is 24.0 Å². The van der Waals surface area contributed by atoms with E-state index in [1.165, 1.54) is 38.2 Å². The third-order valence-electron chi connectivity index (χ3n) is 5.28. The third-order valence-corrected chi connectivity index (χ3v) is 5.28. The van der Waals surface area contributed by atoms with Crippen LogP contribution in [0, 0.1) is 5.41 Å². The average Bonchev–Trinajstić information content (AvgIpc) is 2.73. The molecule has 0 amide bonds. The maximum Gasteiger partial charge on any atom is 0.327 e. The second-order valence-corrected chi connectivity index (χ2v) is 7.45. The van der Waals surface area contributed by atoms with E-state index < -0.39 is 17.4 Å². The molecule has 2 rings (SSSR count). The Bertz CT molecular complexity index is 690. The number of unbranched alkanes of at least 4 members (excludes halogenated alkanes) is 7. The molecule has 0 aliphatic heterocycles. The number of hydrogen-bond acceptors (Lipinski definition) is 3. The van der Waals surface area contributed by atoms with Gasteiger partial charge in [0, 0.05) is 0 Å². The Morgan fingerprint density at radius 1 is 1.00 bits per heavy atom. The van der Waals surface area contributed by atoms with Gasteiger partial charge in [-0.15, -0.1) is 0 Å². The Hall–Kier alpha value is -2.36. The predicted molar refractivity (Wildman–Crippen MR) is 112 cm³/mol. The lowest BCUT2D eigenvalue weighted by Gasteiger charge is -2.26. The van der Waals surface area contributed by atoms with Gasteiger partial charge in [0.15, 0.2) is 5.41 Å². The molecule has 28 heavy (non-hydrogen) atoms. The van der Waals surface area contributed by atoms with Crippen LogP contribution in [0.15, 0.2) is 48.6 Å². The number of esters is 1. The maximum atomic E-state index is 12.5. The minimum atomic E-state index is -1.61. The zero-order chi connectivity index (χ0) is 20.2. The highest BCUT2D eigenvalue weighted by atomic mass is 16.5. The molecule has 0 bridgehead atoms. The molecule has 0 radical (unpaired) electrons. The summed E-state index contributed by atoms with van der Waals surface area (Å²) in [6.45, 7) is 2.49. The number of carboxylic acids is 1. The van der Waals surface area contributed by atoms with Crippen molar-refractivity contribution in [2.75, 3.05) is 6.61 Å². The van der Waals surface area contributed by atoms with E-state index in [9.17, 15) is 14.7 Å². The monoisotopic (exact) mass is 384 g/mol.